The minimum Gasteiger partial charge on any atom is -0.468 e. The zero-order valence-corrected chi connectivity index (χ0v) is 15.0. The maximum absolute atomic E-state index is 12.3. The van der Waals surface area contributed by atoms with Crippen molar-refractivity contribution in [2.24, 2.45) is 23.2 Å². The molecule has 4 heteroatoms. The number of hydrogen-bond donors (Lipinski definition) is 0. The quantitative estimate of drug-likeness (QED) is 0.532. The minimum atomic E-state index is -0.718. The number of ketones is 1. The van der Waals surface area contributed by atoms with E-state index in [2.05, 4.69) is 20.8 Å². The first-order valence-corrected chi connectivity index (χ1v) is 8.43. The molecule has 1 saturated carbocycles. The van der Waals surface area contributed by atoms with Crippen LogP contribution in [0.15, 0.2) is 0 Å². The van der Waals surface area contributed by atoms with E-state index in [4.69, 9.17) is 9.47 Å². The molecule has 1 aliphatic carbocycles. The summed E-state index contributed by atoms with van der Waals surface area (Å²) in [5, 5.41) is 0. The van der Waals surface area contributed by atoms with E-state index in [0.29, 0.717) is 5.92 Å². The lowest BCUT2D eigenvalue weighted by atomic mass is 9.67. The molecular formula is C18H32O4. The molecule has 1 aliphatic rings. The largest absolute Gasteiger partial charge is 0.468 e. The first-order valence-electron chi connectivity index (χ1n) is 8.43. The van der Waals surface area contributed by atoms with Crippen LogP contribution in [0.3, 0.4) is 0 Å². The normalized spacial score (nSPS) is 27.0. The van der Waals surface area contributed by atoms with Gasteiger partial charge in [0, 0.05) is 0 Å². The van der Waals surface area contributed by atoms with E-state index in [1.54, 1.807) is 0 Å². The molecule has 0 amide bonds. The van der Waals surface area contributed by atoms with Crippen LogP contribution in [0.5, 0.6) is 0 Å². The van der Waals surface area contributed by atoms with Gasteiger partial charge in [0.2, 0.25) is 0 Å². The predicted octanol–water partition coefficient (Wildman–Crippen LogP) is 3.62. The van der Waals surface area contributed by atoms with Gasteiger partial charge in [-0.3, -0.25) is 9.59 Å². The van der Waals surface area contributed by atoms with Crippen LogP contribution in [0.25, 0.3) is 0 Å². The molecule has 0 bridgehead atoms. The van der Waals surface area contributed by atoms with E-state index in [9.17, 15) is 9.59 Å². The maximum atomic E-state index is 12.3. The lowest BCUT2D eigenvalue weighted by Gasteiger charge is -2.41. The van der Waals surface area contributed by atoms with Crippen LogP contribution in [0, 0.1) is 23.2 Å². The molecule has 0 heterocycles. The first kappa shape index (κ1) is 19.1. The standard InChI is InChI=1S/C18H32O4/c1-12(2)16(17(20)21-6)15(19)11-22-14-8-7-9-18(5,10-14)13(3)4/h12-14,16H,7-11H2,1-6H3. The van der Waals surface area contributed by atoms with E-state index >= 15 is 0 Å². The Morgan fingerprint density at radius 2 is 1.86 bits per heavy atom. The van der Waals surface area contributed by atoms with E-state index < -0.39 is 11.9 Å². The highest BCUT2D eigenvalue weighted by molar-refractivity contribution is 5.99. The molecule has 0 radical (unpaired) electrons. The summed E-state index contributed by atoms with van der Waals surface area (Å²) in [6, 6.07) is 0. The lowest BCUT2D eigenvalue weighted by Crippen LogP contribution is -2.37. The molecule has 0 aromatic rings. The molecule has 128 valence electrons. The topological polar surface area (TPSA) is 52.6 Å². The van der Waals surface area contributed by atoms with Crippen molar-refractivity contribution < 1.29 is 19.1 Å². The highest BCUT2D eigenvalue weighted by atomic mass is 16.5. The Hall–Kier alpha value is -0.900. The summed E-state index contributed by atoms with van der Waals surface area (Å²) < 4.78 is 10.6. The van der Waals surface area contributed by atoms with Crippen molar-refractivity contribution >= 4 is 11.8 Å². The third-order valence-electron chi connectivity index (χ3n) is 5.29. The SMILES string of the molecule is COC(=O)C(C(=O)COC1CCCC(C)(C(C)C)C1)C(C)C. The Bertz CT molecular complexity index is 389. The van der Waals surface area contributed by atoms with Crippen LogP contribution in [0.1, 0.15) is 60.3 Å². The fraction of sp³-hybridized carbons (Fsp3) is 0.889. The zero-order valence-electron chi connectivity index (χ0n) is 15.0. The van der Waals surface area contributed by atoms with Gasteiger partial charge >= 0.3 is 5.97 Å². The third kappa shape index (κ3) is 4.80. The highest BCUT2D eigenvalue weighted by Gasteiger charge is 2.36. The number of methoxy groups -OCH3 is 1. The average Bonchev–Trinajstić information content (AvgIpc) is 2.44. The summed E-state index contributed by atoms with van der Waals surface area (Å²) in [6.45, 7) is 10.5. The Morgan fingerprint density at radius 3 is 2.36 bits per heavy atom. The van der Waals surface area contributed by atoms with Crippen molar-refractivity contribution in [3.63, 3.8) is 0 Å². The molecular weight excluding hydrogens is 280 g/mol. The first-order chi connectivity index (χ1) is 10.2. The second-order valence-electron chi connectivity index (χ2n) is 7.55. The van der Waals surface area contributed by atoms with E-state index in [1.165, 1.54) is 13.5 Å². The molecule has 0 aromatic heterocycles. The van der Waals surface area contributed by atoms with Gasteiger partial charge in [-0.25, -0.2) is 0 Å². The van der Waals surface area contributed by atoms with Crippen LogP contribution >= 0.6 is 0 Å². The Labute approximate surface area is 134 Å². The monoisotopic (exact) mass is 312 g/mol. The van der Waals surface area contributed by atoms with Gasteiger partial charge in [-0.2, -0.15) is 0 Å². The van der Waals surface area contributed by atoms with Crippen molar-refractivity contribution in [3.05, 3.63) is 0 Å². The Morgan fingerprint density at radius 1 is 1.23 bits per heavy atom. The number of esters is 1. The number of carbonyl (C=O) groups excluding carboxylic acids is 2. The number of ether oxygens (including phenoxy) is 2. The van der Waals surface area contributed by atoms with Gasteiger partial charge in [0.25, 0.3) is 0 Å². The molecule has 3 unspecified atom stereocenters. The van der Waals surface area contributed by atoms with Crippen LogP contribution < -0.4 is 0 Å². The molecule has 22 heavy (non-hydrogen) atoms. The lowest BCUT2D eigenvalue weighted by molar-refractivity contribution is -0.153. The smallest absolute Gasteiger partial charge is 0.316 e. The number of rotatable bonds is 7. The molecule has 0 aromatic carbocycles. The number of hydrogen-bond acceptors (Lipinski definition) is 4. The Kier molecular flexibility index (Phi) is 7.04. The van der Waals surface area contributed by atoms with Crippen molar-refractivity contribution in [1.29, 1.82) is 0 Å². The van der Waals surface area contributed by atoms with Crippen LogP contribution in [0.4, 0.5) is 0 Å². The molecule has 0 N–H and O–H groups in total. The molecule has 4 nitrogen and oxygen atoms in total. The number of Topliss-reactive ketones (excluding diaryl/α,β-unsaturated/α-hetero) is 1. The Balaban J connectivity index is 2.57. The second-order valence-corrected chi connectivity index (χ2v) is 7.55. The van der Waals surface area contributed by atoms with Gasteiger partial charge < -0.3 is 9.47 Å². The summed E-state index contributed by atoms with van der Waals surface area (Å²) in [5.41, 5.74) is 0.283. The van der Waals surface area contributed by atoms with Gasteiger partial charge in [-0.15, -0.1) is 0 Å². The van der Waals surface area contributed by atoms with E-state index in [1.807, 2.05) is 13.8 Å². The van der Waals surface area contributed by atoms with Gasteiger partial charge in [0.05, 0.1) is 13.2 Å². The van der Waals surface area contributed by atoms with Gasteiger partial charge in [0.1, 0.15) is 12.5 Å². The molecule has 3 atom stereocenters. The van der Waals surface area contributed by atoms with Crippen LogP contribution in [0.2, 0.25) is 0 Å². The molecule has 1 rings (SSSR count). The van der Waals surface area contributed by atoms with Gasteiger partial charge in [0.15, 0.2) is 5.78 Å². The molecule has 0 saturated heterocycles. The zero-order chi connectivity index (χ0) is 16.9. The second kappa shape index (κ2) is 8.09. The summed E-state index contributed by atoms with van der Waals surface area (Å²) in [7, 11) is 1.32. The summed E-state index contributed by atoms with van der Waals surface area (Å²) in [4.78, 5) is 24.0. The van der Waals surface area contributed by atoms with Crippen molar-refractivity contribution in [3.8, 4) is 0 Å². The number of carbonyl (C=O) groups is 2. The summed E-state index contributed by atoms with van der Waals surface area (Å²) in [5.74, 6) is -0.813. The molecule has 1 fully saturated rings. The van der Waals surface area contributed by atoms with Gasteiger partial charge in [-0.1, -0.05) is 41.0 Å². The third-order valence-corrected chi connectivity index (χ3v) is 5.29. The molecule has 0 aliphatic heterocycles. The van der Waals surface area contributed by atoms with Crippen molar-refractivity contribution in [2.45, 2.75) is 66.4 Å². The minimum absolute atomic E-state index is 0.0107. The highest BCUT2D eigenvalue weighted by Crippen LogP contribution is 2.42. The van der Waals surface area contributed by atoms with Crippen LogP contribution in [-0.4, -0.2) is 31.6 Å². The summed E-state index contributed by atoms with van der Waals surface area (Å²) >= 11 is 0. The van der Waals surface area contributed by atoms with Crippen molar-refractivity contribution in [1.82, 2.24) is 0 Å². The maximum Gasteiger partial charge on any atom is 0.316 e. The van der Waals surface area contributed by atoms with Gasteiger partial charge in [-0.05, 0) is 36.5 Å². The van der Waals surface area contributed by atoms with Crippen molar-refractivity contribution in [2.75, 3.05) is 13.7 Å². The fourth-order valence-corrected chi connectivity index (χ4v) is 3.32. The van der Waals surface area contributed by atoms with Crippen LogP contribution in [-0.2, 0) is 19.1 Å². The fourth-order valence-electron chi connectivity index (χ4n) is 3.32. The average molecular weight is 312 g/mol. The predicted molar refractivity (Wildman–Crippen MR) is 86.5 cm³/mol. The summed E-state index contributed by atoms with van der Waals surface area (Å²) in [6.07, 6.45) is 4.46. The molecule has 0 spiro atoms. The van der Waals surface area contributed by atoms with E-state index in [-0.39, 0.29) is 29.8 Å². The van der Waals surface area contributed by atoms with E-state index in [0.717, 1.165) is 19.3 Å².